The molecule has 1 saturated heterocycles. The molecule has 0 bridgehead atoms. The lowest BCUT2D eigenvalue weighted by molar-refractivity contribution is 0.0718. The number of hydrogen-bond acceptors (Lipinski definition) is 4. The fourth-order valence-corrected chi connectivity index (χ4v) is 2.62. The van der Waals surface area contributed by atoms with Crippen LogP contribution in [0.5, 0.6) is 0 Å². The van der Waals surface area contributed by atoms with Crippen LogP contribution < -0.4 is 5.32 Å². The third kappa shape index (κ3) is 3.61. The van der Waals surface area contributed by atoms with Gasteiger partial charge in [0.2, 0.25) is 0 Å². The fourth-order valence-electron chi connectivity index (χ4n) is 2.62. The number of amides is 1. The highest BCUT2D eigenvalue weighted by Gasteiger charge is 2.19. The number of pyridine rings is 2. The molecule has 0 atom stereocenters. The van der Waals surface area contributed by atoms with Crippen molar-refractivity contribution in [2.45, 2.75) is 25.8 Å². The van der Waals surface area contributed by atoms with Gasteiger partial charge in [-0.25, -0.2) is 0 Å². The zero-order valence-electron chi connectivity index (χ0n) is 12.5. The maximum absolute atomic E-state index is 12.5. The van der Waals surface area contributed by atoms with E-state index in [-0.39, 0.29) is 5.91 Å². The summed E-state index contributed by atoms with van der Waals surface area (Å²) in [5.74, 6) is 0.0322. The van der Waals surface area contributed by atoms with Crippen molar-refractivity contribution < 1.29 is 4.79 Å². The molecule has 1 N–H and O–H groups in total. The summed E-state index contributed by atoms with van der Waals surface area (Å²) in [4.78, 5) is 22.7. The third-order valence-corrected chi connectivity index (χ3v) is 3.84. The van der Waals surface area contributed by atoms with Crippen molar-refractivity contribution in [2.24, 2.45) is 0 Å². The average Bonchev–Trinajstić information content (AvgIpc) is 2.61. The molecule has 0 unspecified atom stereocenters. The Kier molecular flexibility index (Phi) is 4.63. The van der Waals surface area contributed by atoms with Crippen LogP contribution in [0, 0.1) is 0 Å². The second-order valence-corrected chi connectivity index (χ2v) is 5.50. The van der Waals surface area contributed by atoms with Gasteiger partial charge in [-0.2, -0.15) is 0 Å². The number of carbonyl (C=O) groups is 1. The standard InChI is InChI=1S/C17H20N4O/c22-17(21-9-2-1-3-10-21)16-11-15(6-8-19-16)20-13-14-5-4-7-18-12-14/h4-8,11-12H,1-3,9-10,13H2,(H,19,20). The minimum absolute atomic E-state index is 0.0322. The molecule has 0 aliphatic carbocycles. The topological polar surface area (TPSA) is 58.1 Å². The van der Waals surface area contributed by atoms with Crippen LogP contribution in [0.15, 0.2) is 42.9 Å². The Hall–Kier alpha value is -2.43. The van der Waals surface area contributed by atoms with Crippen LogP contribution in [0.2, 0.25) is 0 Å². The van der Waals surface area contributed by atoms with Crippen molar-refractivity contribution in [3.8, 4) is 0 Å². The molecule has 1 amide bonds. The lowest BCUT2D eigenvalue weighted by atomic mass is 10.1. The van der Waals surface area contributed by atoms with Gasteiger partial charge in [0, 0.05) is 43.9 Å². The predicted octanol–water partition coefficient (Wildman–Crippen LogP) is 2.71. The van der Waals surface area contributed by atoms with Crippen LogP contribution in [0.1, 0.15) is 35.3 Å². The Morgan fingerprint density at radius 2 is 2.05 bits per heavy atom. The lowest BCUT2D eigenvalue weighted by Gasteiger charge is -2.26. The molecule has 1 aliphatic rings. The Morgan fingerprint density at radius 1 is 1.18 bits per heavy atom. The average molecular weight is 296 g/mol. The Morgan fingerprint density at radius 3 is 2.82 bits per heavy atom. The quantitative estimate of drug-likeness (QED) is 0.942. The molecular formula is C17H20N4O. The molecule has 0 aromatic carbocycles. The molecule has 114 valence electrons. The molecule has 0 saturated carbocycles. The van der Waals surface area contributed by atoms with Gasteiger partial charge in [0.05, 0.1) is 0 Å². The number of aromatic nitrogens is 2. The summed E-state index contributed by atoms with van der Waals surface area (Å²) < 4.78 is 0. The maximum Gasteiger partial charge on any atom is 0.272 e. The summed E-state index contributed by atoms with van der Waals surface area (Å²) in [6.45, 7) is 2.36. The van der Waals surface area contributed by atoms with E-state index in [1.54, 1.807) is 12.4 Å². The highest BCUT2D eigenvalue weighted by atomic mass is 16.2. The van der Waals surface area contributed by atoms with Crippen molar-refractivity contribution in [3.05, 3.63) is 54.1 Å². The Balaban J connectivity index is 1.65. The van der Waals surface area contributed by atoms with Gasteiger partial charge in [-0.15, -0.1) is 0 Å². The van der Waals surface area contributed by atoms with Crippen molar-refractivity contribution in [1.29, 1.82) is 0 Å². The number of nitrogens with one attached hydrogen (secondary N) is 1. The van der Waals surface area contributed by atoms with Crippen molar-refractivity contribution in [2.75, 3.05) is 18.4 Å². The second kappa shape index (κ2) is 7.02. The number of hydrogen-bond donors (Lipinski definition) is 1. The van der Waals surface area contributed by atoms with E-state index < -0.39 is 0 Å². The smallest absolute Gasteiger partial charge is 0.272 e. The number of nitrogens with zero attached hydrogens (tertiary/aromatic N) is 3. The van der Waals surface area contributed by atoms with E-state index >= 15 is 0 Å². The molecule has 22 heavy (non-hydrogen) atoms. The normalized spacial score (nSPS) is 14.6. The minimum Gasteiger partial charge on any atom is -0.381 e. The van der Waals surface area contributed by atoms with Gasteiger partial charge in [-0.3, -0.25) is 14.8 Å². The van der Waals surface area contributed by atoms with Gasteiger partial charge >= 0.3 is 0 Å². The van der Waals surface area contributed by atoms with Crippen LogP contribution in [-0.2, 0) is 6.54 Å². The van der Waals surface area contributed by atoms with E-state index in [4.69, 9.17) is 0 Å². The first kappa shape index (κ1) is 14.5. The molecule has 3 heterocycles. The van der Waals surface area contributed by atoms with Crippen LogP contribution >= 0.6 is 0 Å². The highest BCUT2D eigenvalue weighted by Crippen LogP contribution is 2.15. The first-order chi connectivity index (χ1) is 10.8. The van der Waals surface area contributed by atoms with Gasteiger partial charge in [0.1, 0.15) is 5.69 Å². The largest absolute Gasteiger partial charge is 0.381 e. The summed E-state index contributed by atoms with van der Waals surface area (Å²) >= 11 is 0. The van der Waals surface area contributed by atoms with Gasteiger partial charge in [-0.1, -0.05) is 6.07 Å². The summed E-state index contributed by atoms with van der Waals surface area (Å²) in [7, 11) is 0. The molecule has 5 heteroatoms. The van der Waals surface area contributed by atoms with E-state index in [0.29, 0.717) is 12.2 Å². The molecule has 1 fully saturated rings. The second-order valence-electron chi connectivity index (χ2n) is 5.50. The van der Waals surface area contributed by atoms with Crippen LogP contribution in [-0.4, -0.2) is 33.9 Å². The van der Waals surface area contributed by atoms with E-state index in [2.05, 4.69) is 15.3 Å². The molecular weight excluding hydrogens is 276 g/mol. The highest BCUT2D eigenvalue weighted by molar-refractivity contribution is 5.93. The SMILES string of the molecule is O=C(c1cc(NCc2cccnc2)ccn1)N1CCCCC1. The van der Waals surface area contributed by atoms with Gasteiger partial charge in [-0.05, 0) is 43.0 Å². The Bertz CT molecular complexity index is 624. The number of likely N-dealkylation sites (tertiary alicyclic amines) is 1. The Labute approximate surface area is 130 Å². The summed E-state index contributed by atoms with van der Waals surface area (Å²) in [6.07, 6.45) is 8.65. The first-order valence-corrected chi connectivity index (χ1v) is 7.71. The van der Waals surface area contributed by atoms with Crippen molar-refractivity contribution in [3.63, 3.8) is 0 Å². The molecule has 5 nitrogen and oxygen atoms in total. The van der Waals surface area contributed by atoms with Gasteiger partial charge in [0.15, 0.2) is 0 Å². The zero-order chi connectivity index (χ0) is 15.2. The third-order valence-electron chi connectivity index (χ3n) is 3.84. The molecule has 2 aromatic heterocycles. The molecule has 2 aromatic rings. The van der Waals surface area contributed by atoms with E-state index in [1.807, 2.05) is 35.4 Å². The van der Waals surface area contributed by atoms with E-state index in [9.17, 15) is 4.79 Å². The van der Waals surface area contributed by atoms with Crippen LogP contribution in [0.25, 0.3) is 0 Å². The number of carbonyl (C=O) groups excluding carboxylic acids is 1. The molecule has 0 spiro atoms. The number of rotatable bonds is 4. The van der Waals surface area contributed by atoms with Crippen molar-refractivity contribution >= 4 is 11.6 Å². The van der Waals surface area contributed by atoms with Crippen LogP contribution in [0.4, 0.5) is 5.69 Å². The van der Waals surface area contributed by atoms with Gasteiger partial charge < -0.3 is 10.2 Å². The first-order valence-electron chi connectivity index (χ1n) is 7.71. The lowest BCUT2D eigenvalue weighted by Crippen LogP contribution is -2.36. The number of anilines is 1. The van der Waals surface area contributed by atoms with E-state index in [0.717, 1.165) is 37.2 Å². The molecule has 1 aliphatic heterocycles. The minimum atomic E-state index is 0.0322. The molecule has 3 rings (SSSR count). The predicted molar refractivity (Wildman–Crippen MR) is 85.6 cm³/mol. The summed E-state index contributed by atoms with van der Waals surface area (Å²) in [5.41, 5.74) is 2.51. The van der Waals surface area contributed by atoms with Crippen molar-refractivity contribution in [1.82, 2.24) is 14.9 Å². The van der Waals surface area contributed by atoms with Crippen LogP contribution in [0.3, 0.4) is 0 Å². The van der Waals surface area contributed by atoms with Gasteiger partial charge in [0.25, 0.3) is 5.91 Å². The zero-order valence-corrected chi connectivity index (χ0v) is 12.5. The maximum atomic E-state index is 12.5. The number of piperidine rings is 1. The summed E-state index contributed by atoms with van der Waals surface area (Å²) in [6, 6.07) is 7.63. The fraction of sp³-hybridized carbons (Fsp3) is 0.353. The monoisotopic (exact) mass is 296 g/mol. The molecule has 0 radical (unpaired) electrons. The van der Waals surface area contributed by atoms with E-state index in [1.165, 1.54) is 6.42 Å². The summed E-state index contributed by atoms with van der Waals surface area (Å²) in [5, 5.41) is 3.31.